The van der Waals surface area contributed by atoms with Gasteiger partial charge in [-0.25, -0.2) is 0 Å². The highest BCUT2D eigenvalue weighted by Crippen LogP contribution is 2.57. The van der Waals surface area contributed by atoms with E-state index in [1.165, 1.54) is 25.1 Å². The van der Waals surface area contributed by atoms with E-state index < -0.39 is 69.8 Å². The fraction of sp³-hybridized carbons (Fsp3) is 0.455. The number of primary amides is 1. The van der Waals surface area contributed by atoms with Crippen LogP contribution in [0.15, 0.2) is 36.4 Å². The standard InChI is InChI=1S/C33H36N6O6/c1-38(2)27-26(42)23(30(35)45)28(43)32(16-34)29(44)24-25(41)22-20(13-31(24,36)15-33(27,32)37)19(8-9-21(22)40)18-7-5-6-17(12-18)14-39-10-3-4-11-39/h5-9,12,23-24,27,40H,3-4,10-11,13-15,36-37H2,1-2H3,(H2,35,45)/t23?,24?,27-,31-,32+,33-/m1/s1. The Morgan fingerprint density at radius 1 is 1.09 bits per heavy atom. The van der Waals surface area contributed by atoms with E-state index in [0.717, 1.165) is 43.6 Å². The number of carbonyl (C=O) groups is 5. The summed E-state index contributed by atoms with van der Waals surface area (Å²) in [7, 11) is 2.94. The van der Waals surface area contributed by atoms with Gasteiger partial charge in [-0.15, -0.1) is 0 Å². The largest absolute Gasteiger partial charge is 0.507 e. The molecule has 6 atom stereocenters. The zero-order valence-electron chi connectivity index (χ0n) is 25.2. The lowest BCUT2D eigenvalue weighted by atomic mass is 9.42. The van der Waals surface area contributed by atoms with E-state index >= 15 is 0 Å². The number of rotatable bonds is 5. The number of Topliss-reactive ketones (excluding diaryl/α,β-unsaturated/α-hetero) is 4. The van der Waals surface area contributed by atoms with Crippen molar-refractivity contribution in [1.82, 2.24) is 9.80 Å². The Morgan fingerprint density at radius 3 is 2.40 bits per heavy atom. The van der Waals surface area contributed by atoms with Crippen LogP contribution in [-0.4, -0.2) is 88.3 Å². The van der Waals surface area contributed by atoms with Crippen molar-refractivity contribution in [3.8, 4) is 22.9 Å². The highest BCUT2D eigenvalue weighted by molar-refractivity contribution is 6.33. The molecule has 1 saturated heterocycles. The molecule has 2 saturated carbocycles. The van der Waals surface area contributed by atoms with Crippen molar-refractivity contribution in [1.29, 1.82) is 5.26 Å². The molecule has 2 aromatic rings. The molecule has 3 fully saturated rings. The van der Waals surface area contributed by atoms with Gasteiger partial charge in [-0.3, -0.25) is 33.8 Å². The normalized spacial score (nSPS) is 33.0. The number of nitrogens with two attached hydrogens (primary N) is 3. The lowest BCUT2D eigenvalue weighted by Crippen LogP contribution is -2.85. The predicted octanol–water partition coefficient (Wildman–Crippen LogP) is 0.0713. The molecule has 1 aliphatic heterocycles. The van der Waals surface area contributed by atoms with E-state index in [1.54, 1.807) is 12.1 Å². The number of nitrogens with zero attached hydrogens (tertiary/aromatic N) is 3. The zero-order chi connectivity index (χ0) is 32.6. The highest BCUT2D eigenvalue weighted by atomic mass is 16.3. The van der Waals surface area contributed by atoms with E-state index in [2.05, 4.69) is 4.90 Å². The average molecular weight is 613 g/mol. The molecule has 0 radical (unpaired) electrons. The van der Waals surface area contributed by atoms with Crippen molar-refractivity contribution in [2.75, 3.05) is 27.2 Å². The number of hydrogen-bond acceptors (Lipinski definition) is 11. The van der Waals surface area contributed by atoms with Crippen LogP contribution in [0.4, 0.5) is 0 Å². The first-order valence-electron chi connectivity index (χ1n) is 15.0. The summed E-state index contributed by atoms with van der Waals surface area (Å²) in [6, 6.07) is 11.2. The van der Waals surface area contributed by atoms with E-state index in [9.17, 15) is 34.3 Å². The van der Waals surface area contributed by atoms with Crippen molar-refractivity contribution in [3.63, 3.8) is 0 Å². The number of hydrogen-bond donors (Lipinski definition) is 4. The molecule has 0 bridgehead atoms. The van der Waals surface area contributed by atoms with Gasteiger partial charge in [0.1, 0.15) is 11.7 Å². The maximum Gasteiger partial charge on any atom is 0.235 e. The first-order chi connectivity index (χ1) is 21.2. The van der Waals surface area contributed by atoms with Gasteiger partial charge in [-0.05, 0) is 87.3 Å². The van der Waals surface area contributed by atoms with Gasteiger partial charge >= 0.3 is 0 Å². The third kappa shape index (κ3) is 4.15. The summed E-state index contributed by atoms with van der Waals surface area (Å²) >= 11 is 0. The van der Waals surface area contributed by atoms with Crippen LogP contribution in [0.3, 0.4) is 0 Å². The van der Waals surface area contributed by atoms with E-state index in [-0.39, 0.29) is 17.7 Å². The van der Waals surface area contributed by atoms with Gasteiger partial charge in [0.2, 0.25) is 5.91 Å². The van der Waals surface area contributed by atoms with Crippen LogP contribution in [-0.2, 0) is 32.1 Å². The summed E-state index contributed by atoms with van der Waals surface area (Å²) in [4.78, 5) is 72.4. The Bertz CT molecular complexity index is 1730. The Kier molecular flexibility index (Phi) is 7.09. The molecule has 2 aromatic carbocycles. The summed E-state index contributed by atoms with van der Waals surface area (Å²) in [5.74, 6) is -9.87. The third-order valence-electron chi connectivity index (χ3n) is 10.3. The second-order valence-electron chi connectivity index (χ2n) is 13.3. The number of likely N-dealkylation sites (N-methyl/N-ethyl adjacent to an activating group) is 1. The number of nitriles is 1. The van der Waals surface area contributed by atoms with Crippen LogP contribution >= 0.6 is 0 Å². The predicted molar refractivity (Wildman–Crippen MR) is 161 cm³/mol. The lowest BCUT2D eigenvalue weighted by molar-refractivity contribution is -0.166. The summed E-state index contributed by atoms with van der Waals surface area (Å²) in [6.07, 6.45) is 1.73. The maximum atomic E-state index is 14.5. The Morgan fingerprint density at radius 2 is 1.78 bits per heavy atom. The van der Waals surface area contributed by atoms with Gasteiger partial charge in [0.15, 0.2) is 34.5 Å². The Labute approximate surface area is 260 Å². The fourth-order valence-electron chi connectivity index (χ4n) is 8.51. The SMILES string of the molecule is CN(C)[C@@H]1C(=O)C(C(N)=O)C(=O)[C@@]2(C#N)C(=O)C3C(=O)c4c(O)ccc(-c5cccc(CN6CCCC6)c5)c4C[C@@]3(N)C[C@@]12N. The van der Waals surface area contributed by atoms with Gasteiger partial charge in [0.05, 0.1) is 23.2 Å². The smallest absolute Gasteiger partial charge is 0.235 e. The lowest BCUT2D eigenvalue weighted by Gasteiger charge is -2.60. The zero-order valence-corrected chi connectivity index (χ0v) is 25.2. The van der Waals surface area contributed by atoms with Crippen LogP contribution in [0.5, 0.6) is 5.75 Å². The first-order valence-corrected chi connectivity index (χ1v) is 15.0. The number of phenolic OH excluding ortho intramolecular Hbond substituents is 1. The van der Waals surface area contributed by atoms with Crippen molar-refractivity contribution in [3.05, 3.63) is 53.1 Å². The van der Waals surface area contributed by atoms with E-state index in [0.29, 0.717) is 11.1 Å². The molecule has 12 nitrogen and oxygen atoms in total. The van der Waals surface area contributed by atoms with E-state index in [1.807, 2.05) is 24.3 Å². The van der Waals surface area contributed by atoms with Gasteiger partial charge in [0.25, 0.3) is 0 Å². The number of amides is 1. The summed E-state index contributed by atoms with van der Waals surface area (Å²) < 4.78 is 0. The minimum atomic E-state index is -2.77. The minimum absolute atomic E-state index is 0.118. The molecule has 4 aliphatic rings. The molecule has 234 valence electrons. The molecule has 12 heteroatoms. The number of carbonyl (C=O) groups excluding carboxylic acids is 5. The van der Waals surface area contributed by atoms with Gasteiger partial charge < -0.3 is 22.3 Å². The van der Waals surface area contributed by atoms with Crippen molar-refractivity contribution < 1.29 is 29.1 Å². The molecule has 7 N–H and O–H groups in total. The van der Waals surface area contributed by atoms with Crippen molar-refractivity contribution in [2.24, 2.45) is 34.5 Å². The van der Waals surface area contributed by atoms with E-state index in [4.69, 9.17) is 17.2 Å². The molecule has 1 amide bonds. The average Bonchev–Trinajstić information content (AvgIpc) is 3.45. The molecule has 0 spiro atoms. The van der Waals surface area contributed by atoms with Gasteiger partial charge in [-0.2, -0.15) is 5.26 Å². The number of aromatic hydroxyl groups is 1. The molecule has 45 heavy (non-hydrogen) atoms. The number of benzene rings is 2. The molecule has 2 unspecified atom stereocenters. The van der Waals surface area contributed by atoms with Gasteiger partial charge in [-0.1, -0.05) is 24.3 Å². The minimum Gasteiger partial charge on any atom is -0.507 e. The fourth-order valence-corrected chi connectivity index (χ4v) is 8.51. The number of phenols is 1. The van der Waals surface area contributed by atoms with Gasteiger partial charge in [0, 0.05) is 12.1 Å². The maximum absolute atomic E-state index is 14.5. The summed E-state index contributed by atoms with van der Waals surface area (Å²) in [6.45, 7) is 2.79. The summed E-state index contributed by atoms with van der Waals surface area (Å²) in [5, 5.41) is 21.5. The van der Waals surface area contributed by atoms with Crippen molar-refractivity contribution >= 4 is 29.0 Å². The molecular weight excluding hydrogens is 576 g/mol. The molecule has 6 rings (SSSR count). The molecular formula is C33H36N6O6. The van der Waals surface area contributed by atoms with Crippen LogP contribution < -0.4 is 17.2 Å². The Hall–Kier alpha value is -4.28. The number of likely N-dealkylation sites (tertiary alicyclic amines) is 1. The van der Waals surface area contributed by atoms with Crippen LogP contribution in [0.1, 0.15) is 40.7 Å². The second kappa shape index (κ2) is 10.4. The number of ketones is 4. The van der Waals surface area contributed by atoms with Crippen LogP contribution in [0.25, 0.3) is 11.1 Å². The number of fused-ring (bicyclic) bond motifs is 3. The Balaban J connectivity index is 1.51. The molecule has 1 heterocycles. The quantitative estimate of drug-likeness (QED) is 0.332. The summed E-state index contributed by atoms with van der Waals surface area (Å²) in [5.41, 5.74) is 15.4. The van der Waals surface area contributed by atoms with Crippen LogP contribution in [0, 0.1) is 28.6 Å². The van der Waals surface area contributed by atoms with Crippen molar-refractivity contribution in [2.45, 2.75) is 49.3 Å². The molecule has 0 aromatic heterocycles. The second-order valence-corrected chi connectivity index (χ2v) is 13.3. The molecule has 3 aliphatic carbocycles. The monoisotopic (exact) mass is 612 g/mol. The van der Waals surface area contributed by atoms with Crippen LogP contribution in [0.2, 0.25) is 0 Å². The third-order valence-corrected chi connectivity index (χ3v) is 10.3. The first kappa shape index (κ1) is 30.7. The topological polar surface area (TPSA) is 214 Å². The highest BCUT2D eigenvalue weighted by Gasteiger charge is 2.78.